The van der Waals surface area contributed by atoms with E-state index in [1.165, 1.54) is 0 Å². The SMILES string of the molecule is CNCCNC(=O)CN. The normalized spacial score (nSPS) is 9.11. The van der Waals surface area contributed by atoms with Crippen LogP contribution in [0.2, 0.25) is 0 Å². The molecule has 0 aromatic carbocycles. The highest BCUT2D eigenvalue weighted by Crippen LogP contribution is 1.57. The molecule has 0 spiro atoms. The number of rotatable bonds is 4. The number of likely N-dealkylation sites (N-methyl/N-ethyl adjacent to an activating group) is 1. The van der Waals surface area contributed by atoms with Gasteiger partial charge in [0.15, 0.2) is 0 Å². The van der Waals surface area contributed by atoms with E-state index in [1.54, 1.807) is 0 Å². The van der Waals surface area contributed by atoms with E-state index in [2.05, 4.69) is 10.6 Å². The predicted molar refractivity (Wildman–Crippen MR) is 36.0 cm³/mol. The summed E-state index contributed by atoms with van der Waals surface area (Å²) < 4.78 is 0. The minimum atomic E-state index is -0.106. The zero-order chi connectivity index (χ0) is 7.11. The number of nitrogens with one attached hydrogen (secondary N) is 2. The fourth-order valence-electron chi connectivity index (χ4n) is 0.399. The van der Waals surface area contributed by atoms with Gasteiger partial charge in [-0.3, -0.25) is 4.79 Å². The summed E-state index contributed by atoms with van der Waals surface area (Å²) in [7, 11) is 1.83. The summed E-state index contributed by atoms with van der Waals surface area (Å²) in [5.74, 6) is -0.106. The van der Waals surface area contributed by atoms with Gasteiger partial charge >= 0.3 is 0 Å². The van der Waals surface area contributed by atoms with Gasteiger partial charge in [0.1, 0.15) is 0 Å². The van der Waals surface area contributed by atoms with Crippen LogP contribution in [-0.2, 0) is 4.79 Å². The maximum absolute atomic E-state index is 10.4. The van der Waals surface area contributed by atoms with Crippen LogP contribution in [0.4, 0.5) is 0 Å². The van der Waals surface area contributed by atoms with Crippen molar-refractivity contribution in [1.29, 1.82) is 0 Å². The van der Waals surface area contributed by atoms with Crippen LogP contribution in [0.15, 0.2) is 0 Å². The Morgan fingerprint density at radius 3 is 2.67 bits per heavy atom. The van der Waals surface area contributed by atoms with Crippen LogP contribution < -0.4 is 16.4 Å². The minimum absolute atomic E-state index is 0.0731. The third-order valence-corrected chi connectivity index (χ3v) is 0.883. The van der Waals surface area contributed by atoms with E-state index in [4.69, 9.17) is 5.73 Å². The lowest BCUT2D eigenvalue weighted by atomic mass is 10.5. The van der Waals surface area contributed by atoms with Crippen LogP contribution in [0.1, 0.15) is 0 Å². The summed E-state index contributed by atoms with van der Waals surface area (Å²) in [6.45, 7) is 1.50. The van der Waals surface area contributed by atoms with E-state index in [0.29, 0.717) is 6.54 Å². The van der Waals surface area contributed by atoms with Crippen molar-refractivity contribution in [2.24, 2.45) is 5.73 Å². The van der Waals surface area contributed by atoms with Crippen molar-refractivity contribution >= 4 is 5.91 Å². The molecule has 54 valence electrons. The first-order valence-corrected chi connectivity index (χ1v) is 2.92. The van der Waals surface area contributed by atoms with Crippen LogP contribution >= 0.6 is 0 Å². The molecule has 0 aromatic rings. The summed E-state index contributed by atoms with van der Waals surface area (Å²) in [6, 6.07) is 0. The summed E-state index contributed by atoms with van der Waals surface area (Å²) in [6.07, 6.45) is 0. The van der Waals surface area contributed by atoms with Crippen LogP contribution in [0.25, 0.3) is 0 Å². The molecule has 9 heavy (non-hydrogen) atoms. The van der Waals surface area contributed by atoms with Gasteiger partial charge in [0.2, 0.25) is 5.91 Å². The Labute approximate surface area is 54.8 Å². The summed E-state index contributed by atoms with van der Waals surface area (Å²) in [5.41, 5.74) is 5.02. The molecule has 0 saturated carbocycles. The van der Waals surface area contributed by atoms with Crippen molar-refractivity contribution in [2.45, 2.75) is 0 Å². The summed E-state index contributed by atoms with van der Waals surface area (Å²) in [5, 5.41) is 5.50. The van der Waals surface area contributed by atoms with E-state index in [1.807, 2.05) is 7.05 Å². The van der Waals surface area contributed by atoms with Gasteiger partial charge in [0.05, 0.1) is 6.54 Å². The quantitative estimate of drug-likeness (QED) is 0.398. The number of hydrogen-bond donors (Lipinski definition) is 3. The Bertz CT molecular complexity index is 84.3. The molecule has 0 aliphatic rings. The second-order valence-corrected chi connectivity index (χ2v) is 1.66. The van der Waals surface area contributed by atoms with Crippen molar-refractivity contribution in [3.63, 3.8) is 0 Å². The van der Waals surface area contributed by atoms with Crippen LogP contribution in [-0.4, -0.2) is 32.6 Å². The lowest BCUT2D eigenvalue weighted by Gasteiger charge is -2.00. The first kappa shape index (κ1) is 8.39. The molecule has 0 aromatic heterocycles. The number of hydrogen-bond acceptors (Lipinski definition) is 3. The Morgan fingerprint density at radius 2 is 2.22 bits per heavy atom. The van der Waals surface area contributed by atoms with Crippen LogP contribution in [0.5, 0.6) is 0 Å². The third-order valence-electron chi connectivity index (χ3n) is 0.883. The largest absolute Gasteiger partial charge is 0.354 e. The van der Waals surface area contributed by atoms with Crippen molar-refractivity contribution in [3.8, 4) is 0 Å². The first-order valence-electron chi connectivity index (χ1n) is 2.92. The maximum atomic E-state index is 10.4. The molecule has 4 heteroatoms. The second-order valence-electron chi connectivity index (χ2n) is 1.66. The molecule has 0 saturated heterocycles. The van der Waals surface area contributed by atoms with Crippen molar-refractivity contribution < 1.29 is 4.79 Å². The summed E-state index contributed by atoms with van der Waals surface area (Å²) in [4.78, 5) is 10.4. The molecular weight excluding hydrogens is 118 g/mol. The van der Waals surface area contributed by atoms with Gasteiger partial charge in [-0.05, 0) is 7.05 Å². The topological polar surface area (TPSA) is 67.1 Å². The van der Waals surface area contributed by atoms with Crippen LogP contribution in [0.3, 0.4) is 0 Å². The smallest absolute Gasteiger partial charge is 0.233 e. The number of nitrogens with two attached hydrogens (primary N) is 1. The highest BCUT2D eigenvalue weighted by atomic mass is 16.1. The highest BCUT2D eigenvalue weighted by Gasteiger charge is 1.92. The molecule has 0 fully saturated rings. The lowest BCUT2D eigenvalue weighted by Crippen LogP contribution is -2.34. The van der Waals surface area contributed by atoms with Gasteiger partial charge in [-0.15, -0.1) is 0 Å². The average Bonchev–Trinajstić information content (AvgIpc) is 1.89. The number of amides is 1. The van der Waals surface area contributed by atoms with Gasteiger partial charge in [-0.2, -0.15) is 0 Å². The number of carbonyl (C=O) groups excluding carboxylic acids is 1. The molecule has 4 N–H and O–H groups in total. The van der Waals surface area contributed by atoms with Crippen LogP contribution in [0, 0.1) is 0 Å². The molecule has 0 aliphatic heterocycles. The van der Waals surface area contributed by atoms with Gasteiger partial charge < -0.3 is 16.4 Å². The van der Waals surface area contributed by atoms with Gasteiger partial charge in [0, 0.05) is 13.1 Å². The molecule has 4 nitrogen and oxygen atoms in total. The predicted octanol–water partition coefficient (Wildman–Crippen LogP) is -1.72. The second kappa shape index (κ2) is 5.53. The van der Waals surface area contributed by atoms with Gasteiger partial charge in [-0.1, -0.05) is 0 Å². The highest BCUT2D eigenvalue weighted by molar-refractivity contribution is 5.77. The first-order chi connectivity index (χ1) is 4.31. The molecule has 0 atom stereocenters. The van der Waals surface area contributed by atoms with Crippen molar-refractivity contribution in [3.05, 3.63) is 0 Å². The molecule has 0 heterocycles. The third kappa shape index (κ3) is 5.26. The fraction of sp³-hybridized carbons (Fsp3) is 0.800. The van der Waals surface area contributed by atoms with E-state index in [0.717, 1.165) is 6.54 Å². The van der Waals surface area contributed by atoms with Crippen molar-refractivity contribution in [1.82, 2.24) is 10.6 Å². The maximum Gasteiger partial charge on any atom is 0.233 e. The minimum Gasteiger partial charge on any atom is -0.354 e. The lowest BCUT2D eigenvalue weighted by molar-refractivity contribution is -0.119. The van der Waals surface area contributed by atoms with E-state index in [-0.39, 0.29) is 12.5 Å². The Balaban J connectivity index is 2.97. The van der Waals surface area contributed by atoms with Crippen molar-refractivity contribution in [2.75, 3.05) is 26.7 Å². The molecule has 0 rings (SSSR count). The Kier molecular flexibility index (Phi) is 5.15. The monoisotopic (exact) mass is 131 g/mol. The summed E-state index contributed by atoms with van der Waals surface area (Å²) >= 11 is 0. The molecule has 0 bridgehead atoms. The molecule has 0 unspecified atom stereocenters. The Hall–Kier alpha value is -0.610. The molecule has 0 radical (unpaired) electrons. The van der Waals surface area contributed by atoms with Gasteiger partial charge in [0.25, 0.3) is 0 Å². The fourth-order valence-corrected chi connectivity index (χ4v) is 0.399. The standard InChI is InChI=1S/C5H13N3O/c1-7-2-3-8-5(9)4-6/h7H,2-4,6H2,1H3,(H,8,9). The molecule has 0 aliphatic carbocycles. The molecule has 1 amide bonds. The zero-order valence-corrected chi connectivity index (χ0v) is 5.61. The number of carbonyl (C=O) groups is 1. The molecular formula is C5H13N3O. The Morgan fingerprint density at radius 1 is 1.56 bits per heavy atom. The van der Waals surface area contributed by atoms with E-state index < -0.39 is 0 Å². The zero-order valence-electron chi connectivity index (χ0n) is 5.61. The van der Waals surface area contributed by atoms with E-state index >= 15 is 0 Å². The van der Waals surface area contributed by atoms with E-state index in [9.17, 15) is 4.79 Å². The van der Waals surface area contributed by atoms with Gasteiger partial charge in [-0.25, -0.2) is 0 Å². The average molecular weight is 131 g/mol.